The number of carbonyl (C=O) groups excluding carboxylic acids is 1. The van der Waals surface area contributed by atoms with E-state index in [1.165, 1.54) is 25.7 Å². The summed E-state index contributed by atoms with van der Waals surface area (Å²) in [4.78, 5) is 19.6. The Morgan fingerprint density at radius 1 is 1.39 bits per heavy atom. The van der Waals surface area contributed by atoms with Crippen molar-refractivity contribution in [2.24, 2.45) is 0 Å². The molecule has 0 radical (unpaired) electrons. The van der Waals surface area contributed by atoms with Crippen LogP contribution >= 0.6 is 0 Å². The fraction of sp³-hybridized carbons (Fsp3) is 0.0833. The summed E-state index contributed by atoms with van der Waals surface area (Å²) in [6.07, 6.45) is 4.34. The summed E-state index contributed by atoms with van der Waals surface area (Å²) >= 11 is 0. The van der Waals surface area contributed by atoms with Gasteiger partial charge in [-0.05, 0) is 12.1 Å². The van der Waals surface area contributed by atoms with Crippen LogP contribution in [0.3, 0.4) is 0 Å². The Morgan fingerprint density at radius 3 is 2.89 bits per heavy atom. The summed E-state index contributed by atoms with van der Waals surface area (Å²) in [5.74, 6) is 0.137. The minimum Gasteiger partial charge on any atom is -0.494 e. The summed E-state index contributed by atoms with van der Waals surface area (Å²) in [6, 6.07) is 4.98. The summed E-state index contributed by atoms with van der Waals surface area (Å²) in [6.45, 7) is 0. The molecule has 3 N–H and O–H groups in total. The van der Waals surface area contributed by atoms with Crippen molar-refractivity contribution in [3.05, 3.63) is 42.5 Å². The average molecular weight is 244 g/mol. The van der Waals surface area contributed by atoms with E-state index >= 15 is 0 Å². The number of rotatable bonds is 3. The summed E-state index contributed by atoms with van der Waals surface area (Å²) in [7, 11) is 1.51. The van der Waals surface area contributed by atoms with Gasteiger partial charge in [-0.15, -0.1) is 0 Å². The van der Waals surface area contributed by atoms with E-state index in [0.29, 0.717) is 17.1 Å². The normalized spacial score (nSPS) is 9.83. The first-order valence-electron chi connectivity index (χ1n) is 5.21. The van der Waals surface area contributed by atoms with E-state index in [1.54, 1.807) is 18.2 Å². The minimum atomic E-state index is -0.355. The molecule has 0 unspecified atom stereocenters. The molecule has 0 bridgehead atoms. The topological polar surface area (TPSA) is 90.1 Å². The molecule has 92 valence electrons. The standard InChI is InChI=1S/C12H12N4O2/c1-18-11-6-8(13)2-3-9(11)16-12(17)10-7-14-4-5-15-10/h2-7H,13H2,1H3,(H,16,17). The zero-order chi connectivity index (χ0) is 13.0. The van der Waals surface area contributed by atoms with Crippen molar-refractivity contribution in [1.29, 1.82) is 0 Å². The number of methoxy groups -OCH3 is 1. The number of carbonyl (C=O) groups is 1. The molecule has 1 aromatic carbocycles. The fourth-order valence-corrected chi connectivity index (χ4v) is 1.41. The molecule has 0 aliphatic heterocycles. The number of hydrogen-bond acceptors (Lipinski definition) is 5. The number of hydrogen-bond donors (Lipinski definition) is 2. The van der Waals surface area contributed by atoms with E-state index < -0.39 is 0 Å². The summed E-state index contributed by atoms with van der Waals surface area (Å²) < 4.78 is 5.13. The lowest BCUT2D eigenvalue weighted by molar-refractivity contribution is 0.102. The quantitative estimate of drug-likeness (QED) is 0.795. The predicted octanol–water partition coefficient (Wildman–Crippen LogP) is 1.32. The number of amides is 1. The SMILES string of the molecule is COc1cc(N)ccc1NC(=O)c1cnccn1. The molecule has 18 heavy (non-hydrogen) atoms. The smallest absolute Gasteiger partial charge is 0.275 e. The van der Waals surface area contributed by atoms with Crippen molar-refractivity contribution in [2.45, 2.75) is 0 Å². The second kappa shape index (κ2) is 5.13. The second-order valence-corrected chi connectivity index (χ2v) is 3.50. The van der Waals surface area contributed by atoms with E-state index in [-0.39, 0.29) is 11.6 Å². The Morgan fingerprint density at radius 2 is 2.22 bits per heavy atom. The van der Waals surface area contributed by atoms with Gasteiger partial charge in [0.1, 0.15) is 11.4 Å². The van der Waals surface area contributed by atoms with Gasteiger partial charge in [-0.3, -0.25) is 9.78 Å². The molecule has 0 fully saturated rings. The molecule has 6 nitrogen and oxygen atoms in total. The van der Waals surface area contributed by atoms with Crippen molar-refractivity contribution in [3.8, 4) is 5.75 Å². The van der Waals surface area contributed by atoms with Gasteiger partial charge in [0, 0.05) is 24.1 Å². The minimum absolute atomic E-state index is 0.233. The van der Waals surface area contributed by atoms with Gasteiger partial charge in [0.2, 0.25) is 0 Å². The van der Waals surface area contributed by atoms with Crippen LogP contribution in [0.15, 0.2) is 36.8 Å². The summed E-state index contributed by atoms with van der Waals surface area (Å²) in [5, 5.41) is 2.68. The molecule has 6 heteroatoms. The molecule has 0 atom stereocenters. The number of nitrogens with two attached hydrogens (primary N) is 1. The molecule has 1 heterocycles. The molecule has 0 aliphatic carbocycles. The van der Waals surface area contributed by atoms with Gasteiger partial charge in [0.25, 0.3) is 5.91 Å². The monoisotopic (exact) mass is 244 g/mol. The molecular formula is C12H12N4O2. The van der Waals surface area contributed by atoms with Gasteiger partial charge < -0.3 is 15.8 Å². The van der Waals surface area contributed by atoms with Crippen LogP contribution in [0.25, 0.3) is 0 Å². The number of nitrogen functional groups attached to an aromatic ring is 1. The van der Waals surface area contributed by atoms with Gasteiger partial charge in [0.15, 0.2) is 0 Å². The van der Waals surface area contributed by atoms with Crippen LogP contribution in [-0.4, -0.2) is 23.0 Å². The summed E-state index contributed by atoms with van der Waals surface area (Å²) in [5.41, 5.74) is 6.95. The lowest BCUT2D eigenvalue weighted by Gasteiger charge is -2.10. The Hall–Kier alpha value is -2.63. The molecule has 2 aromatic rings. The zero-order valence-corrected chi connectivity index (χ0v) is 9.75. The molecule has 0 saturated heterocycles. The van der Waals surface area contributed by atoms with Crippen molar-refractivity contribution >= 4 is 17.3 Å². The molecule has 0 saturated carbocycles. The highest BCUT2D eigenvalue weighted by atomic mass is 16.5. The van der Waals surface area contributed by atoms with Crippen LogP contribution in [-0.2, 0) is 0 Å². The number of aromatic nitrogens is 2. The third-order valence-electron chi connectivity index (χ3n) is 2.27. The van der Waals surface area contributed by atoms with Crippen molar-refractivity contribution in [1.82, 2.24) is 9.97 Å². The predicted molar refractivity (Wildman–Crippen MR) is 67.4 cm³/mol. The number of nitrogens with one attached hydrogen (secondary N) is 1. The van der Waals surface area contributed by atoms with Crippen LogP contribution in [0, 0.1) is 0 Å². The van der Waals surface area contributed by atoms with Crippen LogP contribution in [0.5, 0.6) is 5.75 Å². The van der Waals surface area contributed by atoms with Gasteiger partial charge in [-0.2, -0.15) is 0 Å². The van der Waals surface area contributed by atoms with Crippen LogP contribution < -0.4 is 15.8 Å². The van der Waals surface area contributed by atoms with Crippen LogP contribution in [0.4, 0.5) is 11.4 Å². The molecule has 0 spiro atoms. The lowest BCUT2D eigenvalue weighted by Crippen LogP contribution is -2.14. The van der Waals surface area contributed by atoms with Gasteiger partial charge in [-0.1, -0.05) is 0 Å². The maximum atomic E-state index is 11.9. The van der Waals surface area contributed by atoms with Gasteiger partial charge in [0.05, 0.1) is 19.0 Å². The first-order chi connectivity index (χ1) is 8.70. The largest absolute Gasteiger partial charge is 0.494 e. The van der Waals surface area contributed by atoms with E-state index in [2.05, 4.69) is 15.3 Å². The van der Waals surface area contributed by atoms with Crippen molar-refractivity contribution in [3.63, 3.8) is 0 Å². The molecule has 1 aromatic heterocycles. The highest BCUT2D eigenvalue weighted by molar-refractivity contribution is 6.03. The Balaban J connectivity index is 2.22. The fourth-order valence-electron chi connectivity index (χ4n) is 1.41. The van der Waals surface area contributed by atoms with Crippen LogP contribution in [0.2, 0.25) is 0 Å². The third-order valence-corrected chi connectivity index (χ3v) is 2.27. The molecule has 1 amide bonds. The first-order valence-corrected chi connectivity index (χ1v) is 5.21. The third kappa shape index (κ3) is 2.54. The number of ether oxygens (including phenoxy) is 1. The van der Waals surface area contributed by atoms with E-state index in [0.717, 1.165) is 0 Å². The van der Waals surface area contributed by atoms with Crippen molar-refractivity contribution < 1.29 is 9.53 Å². The van der Waals surface area contributed by atoms with E-state index in [4.69, 9.17) is 10.5 Å². The maximum absolute atomic E-state index is 11.9. The number of benzene rings is 1. The molecule has 2 rings (SSSR count). The number of nitrogens with zero attached hydrogens (tertiary/aromatic N) is 2. The second-order valence-electron chi connectivity index (χ2n) is 3.50. The Bertz CT molecular complexity index is 557. The lowest BCUT2D eigenvalue weighted by atomic mass is 10.2. The Kier molecular flexibility index (Phi) is 3.38. The van der Waals surface area contributed by atoms with Gasteiger partial charge in [-0.25, -0.2) is 4.98 Å². The highest BCUT2D eigenvalue weighted by Crippen LogP contribution is 2.26. The van der Waals surface area contributed by atoms with E-state index in [1.807, 2.05) is 0 Å². The first kappa shape index (κ1) is 11.8. The number of anilines is 2. The molecular weight excluding hydrogens is 232 g/mol. The maximum Gasteiger partial charge on any atom is 0.275 e. The molecule has 0 aliphatic rings. The van der Waals surface area contributed by atoms with E-state index in [9.17, 15) is 4.79 Å². The Labute approximate surface area is 104 Å². The average Bonchev–Trinajstić information content (AvgIpc) is 2.41. The zero-order valence-electron chi connectivity index (χ0n) is 9.75. The highest BCUT2D eigenvalue weighted by Gasteiger charge is 2.10. The van der Waals surface area contributed by atoms with Crippen molar-refractivity contribution in [2.75, 3.05) is 18.2 Å². The van der Waals surface area contributed by atoms with Crippen LogP contribution in [0.1, 0.15) is 10.5 Å². The van der Waals surface area contributed by atoms with Gasteiger partial charge >= 0.3 is 0 Å².